The topological polar surface area (TPSA) is 115 Å². The molecular formula is C14H22F2N4O4S. The summed E-state index contributed by atoms with van der Waals surface area (Å²) in [4.78, 5) is 4.22. The van der Waals surface area contributed by atoms with Gasteiger partial charge in [0.25, 0.3) is 0 Å². The van der Waals surface area contributed by atoms with Crippen LogP contribution in [0.15, 0.2) is 23.2 Å². The highest BCUT2D eigenvalue weighted by molar-refractivity contribution is 7.89. The van der Waals surface area contributed by atoms with E-state index in [0.717, 1.165) is 0 Å². The van der Waals surface area contributed by atoms with Crippen LogP contribution >= 0.6 is 0 Å². The van der Waals surface area contributed by atoms with Crippen molar-refractivity contribution in [1.29, 1.82) is 0 Å². The van der Waals surface area contributed by atoms with Gasteiger partial charge in [-0.05, 0) is 25.1 Å². The summed E-state index contributed by atoms with van der Waals surface area (Å²) < 4.78 is 56.4. The Hall–Kier alpha value is -2.14. The van der Waals surface area contributed by atoms with Crippen LogP contribution in [0, 0.1) is 0 Å². The van der Waals surface area contributed by atoms with Crippen molar-refractivity contribution in [3.8, 4) is 11.5 Å². The average Bonchev–Trinajstić information content (AvgIpc) is 2.52. The molecule has 8 nitrogen and oxygen atoms in total. The van der Waals surface area contributed by atoms with Crippen molar-refractivity contribution in [2.45, 2.75) is 20.1 Å². The molecule has 25 heavy (non-hydrogen) atoms. The molecule has 0 saturated heterocycles. The Bertz CT molecular complexity index is 683. The molecular weight excluding hydrogens is 358 g/mol. The minimum Gasteiger partial charge on any atom is -0.497 e. The van der Waals surface area contributed by atoms with Crippen molar-refractivity contribution >= 4 is 16.0 Å². The van der Waals surface area contributed by atoms with Crippen molar-refractivity contribution in [2.24, 2.45) is 10.1 Å². The van der Waals surface area contributed by atoms with E-state index in [1.807, 2.05) is 6.92 Å². The number of hydrogen-bond donors (Lipinski definition) is 3. The lowest BCUT2D eigenvalue weighted by molar-refractivity contribution is -0.0504. The second-order valence-corrected chi connectivity index (χ2v) is 6.58. The summed E-state index contributed by atoms with van der Waals surface area (Å²) >= 11 is 0. The molecule has 0 amide bonds. The van der Waals surface area contributed by atoms with E-state index in [2.05, 4.69) is 20.4 Å². The van der Waals surface area contributed by atoms with Gasteiger partial charge in [-0.1, -0.05) is 0 Å². The molecule has 0 fully saturated rings. The standard InChI is InChI=1S/C14H22F2N4O4S/c1-3-18-14(19-6-7-25(17,21)22)20-9-10-8-11(23-2)4-5-12(10)24-13(15)16/h4-5,8,13H,3,6-7,9H2,1-2H3,(H2,17,21,22)(H2,18,19,20). The van der Waals surface area contributed by atoms with Crippen molar-refractivity contribution in [3.63, 3.8) is 0 Å². The fraction of sp³-hybridized carbons (Fsp3) is 0.500. The number of hydrogen-bond acceptors (Lipinski definition) is 5. The maximum Gasteiger partial charge on any atom is 0.387 e. The third kappa shape index (κ3) is 8.49. The highest BCUT2D eigenvalue weighted by atomic mass is 32.2. The largest absolute Gasteiger partial charge is 0.497 e. The van der Waals surface area contributed by atoms with E-state index in [9.17, 15) is 17.2 Å². The van der Waals surface area contributed by atoms with E-state index in [4.69, 9.17) is 9.88 Å². The molecule has 0 aromatic heterocycles. The molecule has 1 aromatic carbocycles. The number of nitrogens with one attached hydrogen (secondary N) is 2. The van der Waals surface area contributed by atoms with Crippen LogP contribution in [0.3, 0.4) is 0 Å². The first-order chi connectivity index (χ1) is 11.7. The second-order valence-electron chi connectivity index (χ2n) is 4.84. The minimum atomic E-state index is -3.60. The lowest BCUT2D eigenvalue weighted by Gasteiger charge is -2.13. The summed E-state index contributed by atoms with van der Waals surface area (Å²) in [6, 6.07) is 4.41. The van der Waals surface area contributed by atoms with E-state index in [1.54, 1.807) is 0 Å². The van der Waals surface area contributed by atoms with Crippen LogP contribution in [0.4, 0.5) is 8.78 Å². The van der Waals surface area contributed by atoms with E-state index in [1.165, 1.54) is 25.3 Å². The monoisotopic (exact) mass is 380 g/mol. The Morgan fingerprint density at radius 2 is 2.08 bits per heavy atom. The van der Waals surface area contributed by atoms with E-state index >= 15 is 0 Å². The number of sulfonamides is 1. The molecule has 4 N–H and O–H groups in total. The van der Waals surface area contributed by atoms with E-state index < -0.39 is 16.6 Å². The van der Waals surface area contributed by atoms with Gasteiger partial charge in [0.05, 0.1) is 19.4 Å². The van der Waals surface area contributed by atoms with Gasteiger partial charge in [0.15, 0.2) is 5.96 Å². The van der Waals surface area contributed by atoms with Crippen molar-refractivity contribution in [3.05, 3.63) is 23.8 Å². The molecule has 0 bridgehead atoms. The summed E-state index contributed by atoms with van der Waals surface area (Å²) in [5.74, 6) is 0.506. The molecule has 0 aliphatic rings. The van der Waals surface area contributed by atoms with Gasteiger partial charge in [0.1, 0.15) is 11.5 Å². The minimum absolute atomic E-state index is 0.0139. The fourth-order valence-corrected chi connectivity index (χ4v) is 2.22. The Kier molecular flexibility index (Phi) is 8.35. The fourth-order valence-electron chi connectivity index (χ4n) is 1.83. The van der Waals surface area contributed by atoms with Gasteiger partial charge in [-0.15, -0.1) is 0 Å². The third-order valence-electron chi connectivity index (χ3n) is 2.91. The zero-order valence-electron chi connectivity index (χ0n) is 14.0. The normalized spacial score (nSPS) is 12.2. The molecule has 1 rings (SSSR count). The van der Waals surface area contributed by atoms with Crippen molar-refractivity contribution in [2.75, 3.05) is 26.0 Å². The average molecular weight is 380 g/mol. The second kappa shape index (κ2) is 9.99. The number of halogens is 2. The molecule has 0 heterocycles. The number of ether oxygens (including phenoxy) is 2. The Morgan fingerprint density at radius 1 is 1.36 bits per heavy atom. The quantitative estimate of drug-likeness (QED) is 0.428. The lowest BCUT2D eigenvalue weighted by atomic mass is 10.2. The van der Waals surface area contributed by atoms with Crippen LogP contribution in [0.5, 0.6) is 11.5 Å². The van der Waals surface area contributed by atoms with Gasteiger partial charge in [0, 0.05) is 18.7 Å². The molecule has 0 unspecified atom stereocenters. The number of aliphatic imine (C=N–C) groups is 1. The van der Waals surface area contributed by atoms with Gasteiger partial charge in [-0.25, -0.2) is 18.5 Å². The van der Waals surface area contributed by atoms with Gasteiger partial charge in [0.2, 0.25) is 10.0 Å². The first-order valence-corrected chi connectivity index (χ1v) is 9.11. The van der Waals surface area contributed by atoms with Crippen molar-refractivity contribution < 1.29 is 26.7 Å². The predicted octanol–water partition coefficient (Wildman–Crippen LogP) is 0.640. The lowest BCUT2D eigenvalue weighted by Crippen LogP contribution is -2.40. The first-order valence-electron chi connectivity index (χ1n) is 7.39. The molecule has 11 heteroatoms. The molecule has 0 spiro atoms. The van der Waals surface area contributed by atoms with Gasteiger partial charge >= 0.3 is 6.61 Å². The molecule has 1 aromatic rings. The maximum absolute atomic E-state index is 12.5. The van der Waals surface area contributed by atoms with Gasteiger partial charge in [-0.3, -0.25) is 0 Å². The molecule has 142 valence electrons. The van der Waals surface area contributed by atoms with E-state index in [-0.39, 0.29) is 24.6 Å². The summed E-state index contributed by atoms with van der Waals surface area (Å²) in [7, 11) is -2.14. The summed E-state index contributed by atoms with van der Waals surface area (Å²) in [6.45, 7) is -0.530. The number of benzene rings is 1. The summed E-state index contributed by atoms with van der Waals surface area (Å²) in [5.41, 5.74) is 0.392. The third-order valence-corrected chi connectivity index (χ3v) is 3.69. The number of nitrogens with zero attached hydrogens (tertiary/aromatic N) is 1. The smallest absolute Gasteiger partial charge is 0.387 e. The molecule has 0 atom stereocenters. The van der Waals surface area contributed by atoms with E-state index in [0.29, 0.717) is 23.8 Å². The van der Waals surface area contributed by atoms with Gasteiger partial charge in [-0.2, -0.15) is 8.78 Å². The Balaban J connectivity index is 2.88. The zero-order valence-corrected chi connectivity index (χ0v) is 14.8. The van der Waals surface area contributed by atoms with Crippen LogP contribution < -0.4 is 25.2 Å². The number of rotatable bonds is 9. The number of alkyl halides is 2. The van der Waals surface area contributed by atoms with Gasteiger partial charge < -0.3 is 20.1 Å². The predicted molar refractivity (Wildman–Crippen MR) is 90.4 cm³/mol. The molecule has 0 aliphatic heterocycles. The highest BCUT2D eigenvalue weighted by Crippen LogP contribution is 2.26. The summed E-state index contributed by atoms with van der Waals surface area (Å²) in [6.07, 6.45) is 0. The number of guanidine groups is 1. The van der Waals surface area contributed by atoms with Crippen molar-refractivity contribution in [1.82, 2.24) is 10.6 Å². The number of nitrogens with two attached hydrogens (primary N) is 1. The molecule has 0 radical (unpaired) electrons. The first kappa shape index (κ1) is 20.9. The Morgan fingerprint density at radius 3 is 2.64 bits per heavy atom. The van der Waals surface area contributed by atoms with Crippen LogP contribution in [-0.2, 0) is 16.6 Å². The van der Waals surface area contributed by atoms with Crippen LogP contribution in [0.1, 0.15) is 12.5 Å². The maximum atomic E-state index is 12.5. The zero-order chi connectivity index (χ0) is 18.9. The Labute approximate surface area is 145 Å². The van der Waals surface area contributed by atoms with Crippen LogP contribution in [0.25, 0.3) is 0 Å². The number of methoxy groups -OCH3 is 1. The highest BCUT2D eigenvalue weighted by Gasteiger charge is 2.11. The summed E-state index contributed by atoms with van der Waals surface area (Å²) in [5, 5.41) is 10.6. The van der Waals surface area contributed by atoms with Crippen LogP contribution in [-0.4, -0.2) is 46.9 Å². The SMILES string of the molecule is CCNC(=NCc1cc(OC)ccc1OC(F)F)NCCS(N)(=O)=O. The van der Waals surface area contributed by atoms with Crippen LogP contribution in [0.2, 0.25) is 0 Å². The molecule has 0 saturated carbocycles. The number of primary sulfonamides is 1. The molecule has 0 aliphatic carbocycles.